The number of aliphatic hydroxyl groups is 2. The minimum atomic E-state index is -0.117. The summed E-state index contributed by atoms with van der Waals surface area (Å²) in [6, 6.07) is 0. The number of hydrogen-bond donors (Lipinski definition) is 2. The SMILES string of the molecule is CO[C@H]1C[C@H]2C[C@@H](O)CC[C@]2(C)[C@H]2CC[C@]3(C)C(O)=CC[C@H]3[C@H]12. The van der Waals surface area contributed by atoms with Gasteiger partial charge < -0.3 is 14.9 Å². The smallest absolute Gasteiger partial charge is 0.0944 e. The van der Waals surface area contributed by atoms with Gasteiger partial charge in [-0.05, 0) is 80.1 Å². The molecule has 0 spiro atoms. The summed E-state index contributed by atoms with van der Waals surface area (Å²) in [5.74, 6) is 2.97. The molecule has 4 aliphatic carbocycles. The molecule has 0 saturated heterocycles. The van der Waals surface area contributed by atoms with Gasteiger partial charge in [0.2, 0.25) is 0 Å². The molecule has 3 heteroatoms. The maximum Gasteiger partial charge on any atom is 0.0944 e. The minimum Gasteiger partial charge on any atom is -0.512 e. The van der Waals surface area contributed by atoms with Gasteiger partial charge in [-0.1, -0.05) is 13.8 Å². The molecular formula is C20H32O3. The van der Waals surface area contributed by atoms with Gasteiger partial charge in [0.15, 0.2) is 0 Å². The van der Waals surface area contributed by atoms with Crippen LogP contribution >= 0.6 is 0 Å². The van der Waals surface area contributed by atoms with E-state index in [2.05, 4.69) is 19.9 Å². The van der Waals surface area contributed by atoms with Crippen molar-refractivity contribution in [1.82, 2.24) is 0 Å². The summed E-state index contributed by atoms with van der Waals surface area (Å²) in [5, 5.41) is 20.6. The van der Waals surface area contributed by atoms with E-state index < -0.39 is 0 Å². The van der Waals surface area contributed by atoms with Crippen molar-refractivity contribution in [3.05, 3.63) is 11.8 Å². The summed E-state index contributed by atoms with van der Waals surface area (Å²) in [7, 11) is 1.86. The molecular weight excluding hydrogens is 288 g/mol. The standard InChI is InChI=1S/C20H32O3/c1-19-8-6-13(21)10-12(19)11-16(23-3)18-14-4-5-17(22)20(14,2)9-7-15(18)19/h5,12-16,18,21-22H,4,6-11H2,1-3H3/t12-,13+,14+,15+,16+,18+,19+,20+/m1/s1. The third kappa shape index (κ3) is 2.08. The topological polar surface area (TPSA) is 49.7 Å². The summed E-state index contributed by atoms with van der Waals surface area (Å²) in [6.45, 7) is 4.75. The van der Waals surface area contributed by atoms with Gasteiger partial charge in [-0.3, -0.25) is 0 Å². The zero-order valence-electron chi connectivity index (χ0n) is 14.8. The molecule has 0 bridgehead atoms. The Labute approximate surface area is 140 Å². The van der Waals surface area contributed by atoms with Crippen LogP contribution in [0.25, 0.3) is 0 Å². The maximum atomic E-state index is 10.5. The monoisotopic (exact) mass is 320 g/mol. The molecule has 3 nitrogen and oxygen atoms in total. The summed E-state index contributed by atoms with van der Waals surface area (Å²) >= 11 is 0. The second kappa shape index (κ2) is 5.23. The first kappa shape index (κ1) is 16.0. The first-order chi connectivity index (χ1) is 10.9. The Bertz CT molecular complexity index is 515. The summed E-state index contributed by atoms with van der Waals surface area (Å²) < 4.78 is 5.99. The van der Waals surface area contributed by atoms with Crippen LogP contribution in [0.4, 0.5) is 0 Å². The number of hydrogen-bond acceptors (Lipinski definition) is 3. The van der Waals surface area contributed by atoms with Gasteiger partial charge in [-0.15, -0.1) is 0 Å². The number of methoxy groups -OCH3 is 1. The summed E-state index contributed by atoms with van der Waals surface area (Å²) in [5.41, 5.74) is 0.313. The van der Waals surface area contributed by atoms with Crippen molar-refractivity contribution >= 4 is 0 Å². The zero-order chi connectivity index (χ0) is 16.4. The van der Waals surface area contributed by atoms with E-state index in [1.807, 2.05) is 7.11 Å². The zero-order valence-corrected chi connectivity index (χ0v) is 14.8. The molecule has 0 radical (unpaired) electrons. The predicted octanol–water partition coefficient (Wildman–Crippen LogP) is 4.07. The van der Waals surface area contributed by atoms with Crippen LogP contribution in [0.5, 0.6) is 0 Å². The summed E-state index contributed by atoms with van der Waals surface area (Å²) in [4.78, 5) is 0. The minimum absolute atomic E-state index is 0.0324. The lowest BCUT2D eigenvalue weighted by Crippen LogP contribution is -2.58. The fraction of sp³-hybridized carbons (Fsp3) is 0.900. The highest BCUT2D eigenvalue weighted by Gasteiger charge is 2.61. The second-order valence-corrected chi connectivity index (χ2v) is 9.21. The van der Waals surface area contributed by atoms with E-state index in [0.717, 1.165) is 38.5 Å². The highest BCUT2D eigenvalue weighted by atomic mass is 16.5. The Morgan fingerprint density at radius 1 is 1.13 bits per heavy atom. The molecule has 4 aliphatic rings. The molecule has 0 aromatic heterocycles. The first-order valence-electron chi connectivity index (χ1n) is 9.50. The average molecular weight is 320 g/mol. The molecule has 3 saturated carbocycles. The van der Waals surface area contributed by atoms with Crippen molar-refractivity contribution in [3.8, 4) is 0 Å². The molecule has 0 unspecified atom stereocenters. The molecule has 0 heterocycles. The highest BCUT2D eigenvalue weighted by Crippen LogP contribution is 2.66. The van der Waals surface area contributed by atoms with Crippen molar-refractivity contribution in [3.63, 3.8) is 0 Å². The molecule has 3 fully saturated rings. The van der Waals surface area contributed by atoms with Crippen LogP contribution in [0, 0.1) is 34.5 Å². The third-order valence-electron chi connectivity index (χ3n) is 8.47. The van der Waals surface area contributed by atoms with Gasteiger partial charge in [0, 0.05) is 12.5 Å². The Hall–Kier alpha value is -0.540. The van der Waals surface area contributed by atoms with E-state index in [9.17, 15) is 10.2 Å². The van der Waals surface area contributed by atoms with Crippen molar-refractivity contribution in [1.29, 1.82) is 0 Å². The number of allylic oxidation sites excluding steroid dienone is 2. The molecule has 4 rings (SSSR count). The van der Waals surface area contributed by atoms with E-state index >= 15 is 0 Å². The van der Waals surface area contributed by atoms with E-state index in [4.69, 9.17) is 4.74 Å². The van der Waals surface area contributed by atoms with Gasteiger partial charge in [0.1, 0.15) is 0 Å². The Morgan fingerprint density at radius 3 is 2.65 bits per heavy atom. The molecule has 0 amide bonds. The summed E-state index contributed by atoms with van der Waals surface area (Å²) in [6.07, 6.45) is 9.68. The van der Waals surface area contributed by atoms with Gasteiger partial charge in [-0.25, -0.2) is 0 Å². The fourth-order valence-corrected chi connectivity index (χ4v) is 6.97. The number of ether oxygens (including phenoxy) is 1. The quantitative estimate of drug-likeness (QED) is 0.766. The van der Waals surface area contributed by atoms with E-state index in [0.29, 0.717) is 34.8 Å². The molecule has 2 N–H and O–H groups in total. The van der Waals surface area contributed by atoms with Crippen LogP contribution in [-0.2, 0) is 4.74 Å². The van der Waals surface area contributed by atoms with Crippen LogP contribution < -0.4 is 0 Å². The molecule has 8 atom stereocenters. The van der Waals surface area contributed by atoms with E-state index in [-0.39, 0.29) is 17.6 Å². The first-order valence-corrected chi connectivity index (χ1v) is 9.50. The van der Waals surface area contributed by atoms with Gasteiger partial charge >= 0.3 is 0 Å². The molecule has 0 aliphatic heterocycles. The van der Waals surface area contributed by atoms with Crippen LogP contribution in [0.15, 0.2) is 11.8 Å². The fourth-order valence-electron chi connectivity index (χ4n) is 6.97. The van der Waals surface area contributed by atoms with Crippen LogP contribution in [0.3, 0.4) is 0 Å². The molecule has 0 aromatic rings. The normalized spacial score (nSPS) is 55.6. The van der Waals surface area contributed by atoms with E-state index in [1.165, 1.54) is 6.42 Å². The van der Waals surface area contributed by atoms with Gasteiger partial charge in [0.25, 0.3) is 0 Å². The third-order valence-corrected chi connectivity index (χ3v) is 8.47. The predicted molar refractivity (Wildman–Crippen MR) is 90.0 cm³/mol. The van der Waals surface area contributed by atoms with E-state index in [1.54, 1.807) is 0 Å². The lowest BCUT2D eigenvalue weighted by molar-refractivity contribution is -0.176. The largest absolute Gasteiger partial charge is 0.512 e. The lowest BCUT2D eigenvalue weighted by Gasteiger charge is -2.62. The van der Waals surface area contributed by atoms with Crippen LogP contribution in [0.2, 0.25) is 0 Å². The lowest BCUT2D eigenvalue weighted by atomic mass is 9.44. The maximum absolute atomic E-state index is 10.5. The van der Waals surface area contributed by atoms with Crippen molar-refractivity contribution in [2.45, 2.75) is 71.0 Å². The van der Waals surface area contributed by atoms with Crippen molar-refractivity contribution < 1.29 is 14.9 Å². The number of aliphatic hydroxyl groups excluding tert-OH is 2. The number of rotatable bonds is 1. The highest BCUT2D eigenvalue weighted by molar-refractivity contribution is 5.21. The van der Waals surface area contributed by atoms with Crippen molar-refractivity contribution in [2.24, 2.45) is 34.5 Å². The van der Waals surface area contributed by atoms with Gasteiger partial charge in [0.05, 0.1) is 18.0 Å². The Balaban J connectivity index is 1.70. The number of fused-ring (bicyclic) bond motifs is 5. The Kier molecular flexibility index (Phi) is 3.63. The average Bonchev–Trinajstić information content (AvgIpc) is 2.83. The Morgan fingerprint density at radius 2 is 1.91 bits per heavy atom. The van der Waals surface area contributed by atoms with Crippen LogP contribution in [0.1, 0.15) is 58.8 Å². The molecule has 130 valence electrons. The van der Waals surface area contributed by atoms with Crippen LogP contribution in [-0.4, -0.2) is 29.5 Å². The van der Waals surface area contributed by atoms with Crippen molar-refractivity contribution in [2.75, 3.05) is 7.11 Å². The van der Waals surface area contributed by atoms with Gasteiger partial charge in [-0.2, -0.15) is 0 Å². The molecule has 23 heavy (non-hydrogen) atoms. The second-order valence-electron chi connectivity index (χ2n) is 9.21. The molecule has 0 aromatic carbocycles.